The highest BCUT2D eigenvalue weighted by Gasteiger charge is 2.44. The van der Waals surface area contributed by atoms with Gasteiger partial charge >= 0.3 is 0 Å². The smallest absolute Gasteiger partial charge is 0.222 e. The van der Waals surface area contributed by atoms with Gasteiger partial charge in [-0.15, -0.1) is 0 Å². The number of hydrogen-bond donors (Lipinski definition) is 3. The lowest BCUT2D eigenvalue weighted by molar-refractivity contribution is -0.133. The Labute approximate surface area is 180 Å². The molecule has 2 aliphatic heterocycles. The highest BCUT2D eigenvalue weighted by molar-refractivity contribution is 5.76. The first kappa shape index (κ1) is 21.0. The number of amides is 1. The zero-order valence-corrected chi connectivity index (χ0v) is 17.7. The van der Waals surface area contributed by atoms with Gasteiger partial charge in [0.1, 0.15) is 0 Å². The molecule has 5 heteroatoms. The number of carbonyl (C=O) groups is 1. The first-order valence-electron chi connectivity index (χ1n) is 11.4. The van der Waals surface area contributed by atoms with Gasteiger partial charge in [0.15, 0.2) is 0 Å². The van der Waals surface area contributed by atoms with Crippen molar-refractivity contribution in [2.75, 3.05) is 19.6 Å². The highest BCUT2D eigenvalue weighted by atomic mass is 16.2. The molecule has 5 nitrogen and oxygen atoms in total. The number of hydrazine groups is 1. The van der Waals surface area contributed by atoms with Gasteiger partial charge in [0.05, 0.1) is 0 Å². The molecule has 2 saturated heterocycles. The molecule has 2 aromatic rings. The minimum absolute atomic E-state index is 0.243. The van der Waals surface area contributed by atoms with Crippen LogP contribution < -0.4 is 16.6 Å². The quantitative estimate of drug-likeness (QED) is 0.590. The summed E-state index contributed by atoms with van der Waals surface area (Å²) in [6, 6.07) is 22.1. The molecule has 1 amide bonds. The Bertz CT molecular complexity index is 758. The zero-order chi connectivity index (χ0) is 20.8. The lowest BCUT2D eigenvalue weighted by Crippen LogP contribution is -2.49. The van der Waals surface area contributed by atoms with Gasteiger partial charge in [0.25, 0.3) is 0 Å². The van der Waals surface area contributed by atoms with Crippen molar-refractivity contribution in [3.63, 3.8) is 0 Å². The highest BCUT2D eigenvalue weighted by Crippen LogP contribution is 2.37. The average molecular weight is 407 g/mol. The summed E-state index contributed by atoms with van der Waals surface area (Å²) in [5.41, 5.74) is 15.4. The van der Waals surface area contributed by atoms with Crippen LogP contribution in [0.5, 0.6) is 0 Å². The van der Waals surface area contributed by atoms with Gasteiger partial charge < -0.3 is 10.6 Å². The van der Waals surface area contributed by atoms with Gasteiger partial charge in [-0.1, -0.05) is 67.1 Å². The third-order valence-corrected chi connectivity index (χ3v) is 6.68. The number of nitrogens with two attached hydrogens (primary N) is 1. The minimum Gasteiger partial charge on any atom is -0.342 e. The molecule has 30 heavy (non-hydrogen) atoms. The van der Waals surface area contributed by atoms with Crippen LogP contribution in [-0.4, -0.2) is 42.5 Å². The first-order valence-corrected chi connectivity index (χ1v) is 11.4. The van der Waals surface area contributed by atoms with E-state index in [1.54, 1.807) is 0 Å². The van der Waals surface area contributed by atoms with E-state index in [0.29, 0.717) is 30.8 Å². The third kappa shape index (κ3) is 4.75. The average Bonchev–Trinajstić information content (AvgIpc) is 3.21. The van der Waals surface area contributed by atoms with E-state index in [0.717, 1.165) is 38.8 Å². The Kier molecular flexibility index (Phi) is 7.16. The van der Waals surface area contributed by atoms with Crippen LogP contribution in [0, 0.1) is 5.92 Å². The molecule has 3 atom stereocenters. The largest absolute Gasteiger partial charge is 0.342 e. The van der Waals surface area contributed by atoms with Crippen molar-refractivity contribution in [1.82, 2.24) is 15.8 Å². The molecule has 0 bridgehead atoms. The number of benzene rings is 2. The first-order chi connectivity index (χ1) is 14.8. The number of hydrogen-bond acceptors (Lipinski definition) is 4. The number of fused-ring (bicyclic) bond motifs is 1. The van der Waals surface area contributed by atoms with Crippen molar-refractivity contribution in [3.05, 3.63) is 71.8 Å². The fourth-order valence-corrected chi connectivity index (χ4v) is 5.08. The van der Waals surface area contributed by atoms with Gasteiger partial charge in [-0.05, 0) is 36.9 Å². The van der Waals surface area contributed by atoms with Crippen LogP contribution in [0.4, 0.5) is 0 Å². The van der Waals surface area contributed by atoms with Crippen LogP contribution in [-0.2, 0) is 4.79 Å². The molecule has 3 unspecified atom stereocenters. The van der Waals surface area contributed by atoms with Crippen molar-refractivity contribution >= 4 is 5.91 Å². The molecule has 2 heterocycles. The second kappa shape index (κ2) is 10.2. The van der Waals surface area contributed by atoms with E-state index < -0.39 is 0 Å². The standard InChI is InChI=1S/C25H34N4O/c26-16-9-3-8-14-23(30)29-17-15-22-21(18-29)25(28-27-22)24(19-10-4-1-5-11-19)20-12-6-2-7-13-20/h1-2,4-7,10-13,21-22,24-25,27-28H,3,8-9,14-18,26H2. The maximum atomic E-state index is 12.8. The molecular formula is C25H34N4O. The van der Waals surface area contributed by atoms with E-state index in [1.165, 1.54) is 11.1 Å². The lowest BCUT2D eigenvalue weighted by atomic mass is 9.76. The summed E-state index contributed by atoms with van der Waals surface area (Å²) in [6.07, 6.45) is 4.63. The molecule has 4 N–H and O–H groups in total. The number of unbranched alkanes of at least 4 members (excludes halogenated alkanes) is 2. The van der Waals surface area contributed by atoms with Crippen molar-refractivity contribution in [3.8, 4) is 0 Å². The SMILES string of the molecule is NCCCCCC(=O)N1CCC2NNC(C(c3ccccc3)c3ccccc3)C2C1. The molecule has 0 spiro atoms. The van der Waals surface area contributed by atoms with E-state index in [4.69, 9.17) is 5.73 Å². The van der Waals surface area contributed by atoms with Crippen LogP contribution in [0.15, 0.2) is 60.7 Å². The topological polar surface area (TPSA) is 70.4 Å². The van der Waals surface area contributed by atoms with Crippen molar-refractivity contribution in [1.29, 1.82) is 0 Å². The predicted molar refractivity (Wildman–Crippen MR) is 121 cm³/mol. The Morgan fingerprint density at radius 2 is 1.63 bits per heavy atom. The van der Waals surface area contributed by atoms with E-state index >= 15 is 0 Å². The molecule has 0 radical (unpaired) electrons. The van der Waals surface area contributed by atoms with E-state index in [-0.39, 0.29) is 12.0 Å². The number of piperidine rings is 1. The number of carbonyl (C=O) groups excluding carboxylic acids is 1. The summed E-state index contributed by atoms with van der Waals surface area (Å²) >= 11 is 0. The number of nitrogens with one attached hydrogen (secondary N) is 2. The van der Waals surface area contributed by atoms with Gasteiger partial charge in [-0.2, -0.15) is 0 Å². The van der Waals surface area contributed by atoms with Gasteiger partial charge in [-0.25, -0.2) is 0 Å². The van der Waals surface area contributed by atoms with Crippen LogP contribution in [0.2, 0.25) is 0 Å². The Balaban J connectivity index is 1.51. The van der Waals surface area contributed by atoms with Crippen molar-refractivity contribution in [2.24, 2.45) is 11.7 Å². The molecule has 4 rings (SSSR count). The van der Waals surface area contributed by atoms with Crippen LogP contribution in [0.25, 0.3) is 0 Å². The molecule has 2 aromatic carbocycles. The van der Waals surface area contributed by atoms with Crippen LogP contribution in [0.3, 0.4) is 0 Å². The second-order valence-electron chi connectivity index (χ2n) is 8.61. The van der Waals surface area contributed by atoms with Crippen molar-refractivity contribution in [2.45, 2.75) is 50.1 Å². The van der Waals surface area contributed by atoms with E-state index in [9.17, 15) is 4.79 Å². The summed E-state index contributed by atoms with van der Waals surface area (Å²) in [7, 11) is 0. The molecule has 0 saturated carbocycles. The molecule has 2 fully saturated rings. The summed E-state index contributed by atoms with van der Waals surface area (Å²) in [6.45, 7) is 2.38. The molecule has 0 aromatic heterocycles. The molecule has 0 aliphatic carbocycles. The normalized spacial score (nSPS) is 23.5. The van der Waals surface area contributed by atoms with E-state index in [1.807, 2.05) is 0 Å². The lowest BCUT2D eigenvalue weighted by Gasteiger charge is -2.38. The van der Waals surface area contributed by atoms with Crippen molar-refractivity contribution < 1.29 is 4.79 Å². The molecule has 2 aliphatic rings. The van der Waals surface area contributed by atoms with Gasteiger partial charge in [0, 0.05) is 43.4 Å². The maximum Gasteiger partial charge on any atom is 0.222 e. The Hall–Kier alpha value is -2.21. The zero-order valence-electron chi connectivity index (χ0n) is 17.7. The minimum atomic E-state index is 0.243. The predicted octanol–water partition coefficient (Wildman–Crippen LogP) is 3.03. The summed E-state index contributed by atoms with van der Waals surface area (Å²) in [5.74, 6) is 0.929. The summed E-state index contributed by atoms with van der Waals surface area (Å²) in [5, 5.41) is 0. The van der Waals surface area contributed by atoms with Gasteiger partial charge in [-0.3, -0.25) is 15.6 Å². The maximum absolute atomic E-state index is 12.8. The number of rotatable bonds is 8. The van der Waals surface area contributed by atoms with E-state index in [2.05, 4.69) is 76.4 Å². The fourth-order valence-electron chi connectivity index (χ4n) is 5.08. The Morgan fingerprint density at radius 1 is 0.967 bits per heavy atom. The van der Waals surface area contributed by atoms with Crippen LogP contribution in [0.1, 0.15) is 49.1 Å². The fraction of sp³-hybridized carbons (Fsp3) is 0.480. The monoisotopic (exact) mass is 406 g/mol. The Morgan fingerprint density at radius 3 is 2.27 bits per heavy atom. The van der Waals surface area contributed by atoms with Crippen LogP contribution >= 0.6 is 0 Å². The molecule has 160 valence electrons. The summed E-state index contributed by atoms with van der Waals surface area (Å²) in [4.78, 5) is 14.9. The second-order valence-corrected chi connectivity index (χ2v) is 8.61. The molecular weight excluding hydrogens is 372 g/mol. The summed E-state index contributed by atoms with van der Waals surface area (Å²) < 4.78 is 0. The number of likely N-dealkylation sites (tertiary alicyclic amines) is 1. The van der Waals surface area contributed by atoms with Gasteiger partial charge in [0.2, 0.25) is 5.91 Å². The third-order valence-electron chi connectivity index (χ3n) is 6.68. The number of nitrogens with zero attached hydrogens (tertiary/aromatic N) is 1.